The van der Waals surface area contributed by atoms with Crippen LogP contribution in [0.5, 0.6) is 0 Å². The molecule has 6 heteroatoms. The Hall–Kier alpha value is -2.44. The maximum Gasteiger partial charge on any atom is 0.170 e. The van der Waals surface area contributed by atoms with Crippen LogP contribution in [0.4, 0.5) is 5.69 Å². The summed E-state index contributed by atoms with van der Waals surface area (Å²) in [4.78, 5) is 7.96. The molecule has 2 aromatic carbocycles. The average molecular weight is 352 g/mol. The van der Waals surface area contributed by atoms with Gasteiger partial charge >= 0.3 is 0 Å². The van der Waals surface area contributed by atoms with Gasteiger partial charge < -0.3 is 20.4 Å². The van der Waals surface area contributed by atoms with Crippen LogP contribution in [0.1, 0.15) is 12.8 Å². The van der Waals surface area contributed by atoms with Gasteiger partial charge in [0.25, 0.3) is 0 Å². The number of para-hydroxylation sites is 2. The number of imidazole rings is 1. The average Bonchev–Trinajstić information content (AvgIpc) is 3.30. The van der Waals surface area contributed by atoms with E-state index in [1.807, 2.05) is 48.5 Å². The van der Waals surface area contributed by atoms with Crippen molar-refractivity contribution in [2.24, 2.45) is 0 Å². The molecule has 0 amide bonds. The summed E-state index contributed by atoms with van der Waals surface area (Å²) in [6, 6.07) is 16.1. The highest BCUT2D eigenvalue weighted by molar-refractivity contribution is 7.80. The number of benzene rings is 2. The molecule has 3 N–H and O–H groups in total. The van der Waals surface area contributed by atoms with Gasteiger partial charge in [-0.05, 0) is 61.5 Å². The molecule has 2 heterocycles. The lowest BCUT2D eigenvalue weighted by molar-refractivity contribution is 0.114. The number of nitrogens with one attached hydrogen (secondary N) is 3. The Morgan fingerprint density at radius 3 is 2.80 bits per heavy atom. The Labute approximate surface area is 151 Å². The number of hydrogen-bond acceptors (Lipinski definition) is 3. The molecule has 1 aliphatic rings. The number of fused-ring (bicyclic) bond motifs is 1. The largest absolute Gasteiger partial charge is 0.376 e. The predicted octanol–water partition coefficient (Wildman–Crippen LogP) is 3.70. The minimum Gasteiger partial charge on any atom is -0.376 e. The smallest absolute Gasteiger partial charge is 0.170 e. The molecule has 3 aromatic rings. The van der Waals surface area contributed by atoms with E-state index in [-0.39, 0.29) is 6.10 Å². The van der Waals surface area contributed by atoms with Crippen molar-refractivity contribution in [2.45, 2.75) is 18.9 Å². The van der Waals surface area contributed by atoms with Crippen molar-refractivity contribution in [3.8, 4) is 11.4 Å². The molecule has 0 bridgehead atoms. The third-order valence-electron chi connectivity index (χ3n) is 4.32. The van der Waals surface area contributed by atoms with Crippen LogP contribution in [0, 0.1) is 0 Å². The minimum atomic E-state index is 0.273. The minimum absolute atomic E-state index is 0.273. The summed E-state index contributed by atoms with van der Waals surface area (Å²) in [5.74, 6) is 0.867. The molecule has 0 saturated carbocycles. The topological polar surface area (TPSA) is 62.0 Å². The van der Waals surface area contributed by atoms with Crippen LogP contribution in [-0.4, -0.2) is 34.3 Å². The van der Waals surface area contributed by atoms with Crippen LogP contribution < -0.4 is 10.6 Å². The number of H-pyrrole nitrogens is 1. The molecule has 1 fully saturated rings. The Balaban J connectivity index is 1.38. The monoisotopic (exact) mass is 352 g/mol. The molecule has 0 spiro atoms. The highest BCUT2D eigenvalue weighted by Gasteiger charge is 2.15. The van der Waals surface area contributed by atoms with Gasteiger partial charge in [-0.25, -0.2) is 4.98 Å². The zero-order valence-corrected chi connectivity index (χ0v) is 14.6. The summed E-state index contributed by atoms with van der Waals surface area (Å²) in [7, 11) is 0. The number of thiocarbonyl (C=S) groups is 1. The molecule has 5 nitrogen and oxygen atoms in total. The molecule has 1 saturated heterocycles. The lowest BCUT2D eigenvalue weighted by atomic mass is 10.2. The van der Waals surface area contributed by atoms with Crippen molar-refractivity contribution >= 4 is 34.1 Å². The quantitative estimate of drug-likeness (QED) is 0.625. The second-order valence-corrected chi connectivity index (χ2v) is 6.56. The molecule has 25 heavy (non-hydrogen) atoms. The molecular weight excluding hydrogens is 332 g/mol. The van der Waals surface area contributed by atoms with Gasteiger partial charge in [0.1, 0.15) is 5.82 Å². The third kappa shape index (κ3) is 3.81. The maximum atomic E-state index is 5.58. The SMILES string of the molecule is S=C(NCC1CCCO1)Nc1ccc(-c2nc3ccccc3[nH]2)cc1. The first-order valence-corrected chi connectivity index (χ1v) is 8.90. The van der Waals surface area contributed by atoms with Crippen molar-refractivity contribution in [3.05, 3.63) is 48.5 Å². The number of nitrogens with zero attached hydrogens (tertiary/aromatic N) is 1. The fourth-order valence-corrected chi connectivity index (χ4v) is 3.19. The van der Waals surface area contributed by atoms with Crippen molar-refractivity contribution in [1.29, 1.82) is 0 Å². The summed E-state index contributed by atoms with van der Waals surface area (Å²) >= 11 is 5.34. The predicted molar refractivity (Wildman–Crippen MR) is 105 cm³/mol. The van der Waals surface area contributed by atoms with Crippen LogP contribution in [0.2, 0.25) is 0 Å². The Kier molecular flexibility index (Phi) is 4.63. The van der Waals surface area contributed by atoms with Crippen molar-refractivity contribution in [3.63, 3.8) is 0 Å². The van der Waals surface area contributed by atoms with Gasteiger partial charge in [0.05, 0.1) is 17.1 Å². The lowest BCUT2D eigenvalue weighted by Crippen LogP contribution is -2.34. The number of hydrogen-bond donors (Lipinski definition) is 3. The van der Waals surface area contributed by atoms with Gasteiger partial charge in [0, 0.05) is 24.4 Å². The normalized spacial score (nSPS) is 16.9. The molecule has 0 radical (unpaired) electrons. The number of anilines is 1. The van der Waals surface area contributed by atoms with Gasteiger partial charge in [-0.1, -0.05) is 12.1 Å². The first-order chi connectivity index (χ1) is 12.3. The van der Waals surface area contributed by atoms with E-state index < -0.39 is 0 Å². The van der Waals surface area contributed by atoms with E-state index in [0.29, 0.717) is 5.11 Å². The van der Waals surface area contributed by atoms with Gasteiger partial charge in [-0.15, -0.1) is 0 Å². The maximum absolute atomic E-state index is 5.58. The summed E-state index contributed by atoms with van der Waals surface area (Å²) < 4.78 is 5.58. The summed E-state index contributed by atoms with van der Waals surface area (Å²) in [6.07, 6.45) is 2.51. The zero-order valence-electron chi connectivity index (χ0n) is 13.8. The second-order valence-electron chi connectivity index (χ2n) is 6.15. The Morgan fingerprint density at radius 2 is 2.04 bits per heavy atom. The highest BCUT2D eigenvalue weighted by atomic mass is 32.1. The van der Waals surface area contributed by atoms with E-state index >= 15 is 0 Å². The van der Waals surface area contributed by atoms with E-state index in [1.54, 1.807) is 0 Å². The number of ether oxygens (including phenoxy) is 1. The van der Waals surface area contributed by atoms with E-state index in [1.165, 1.54) is 0 Å². The Bertz CT molecular complexity index is 836. The first kappa shape index (κ1) is 16.1. The zero-order chi connectivity index (χ0) is 17.1. The number of aromatic nitrogens is 2. The van der Waals surface area contributed by atoms with Crippen LogP contribution in [-0.2, 0) is 4.74 Å². The number of aromatic amines is 1. The molecule has 0 aliphatic carbocycles. The Morgan fingerprint density at radius 1 is 1.20 bits per heavy atom. The summed E-state index contributed by atoms with van der Waals surface area (Å²) in [5.41, 5.74) is 4.00. The first-order valence-electron chi connectivity index (χ1n) is 8.49. The fraction of sp³-hybridized carbons (Fsp3) is 0.263. The van der Waals surface area contributed by atoms with Crippen LogP contribution in [0.3, 0.4) is 0 Å². The van der Waals surface area contributed by atoms with Crippen LogP contribution >= 0.6 is 12.2 Å². The third-order valence-corrected chi connectivity index (χ3v) is 4.57. The van der Waals surface area contributed by atoms with Crippen molar-refractivity contribution in [2.75, 3.05) is 18.5 Å². The highest BCUT2D eigenvalue weighted by Crippen LogP contribution is 2.22. The lowest BCUT2D eigenvalue weighted by Gasteiger charge is -2.14. The van der Waals surface area contributed by atoms with Gasteiger partial charge in [0.15, 0.2) is 5.11 Å². The van der Waals surface area contributed by atoms with Gasteiger partial charge in [-0.3, -0.25) is 0 Å². The van der Waals surface area contributed by atoms with Gasteiger partial charge in [0.2, 0.25) is 0 Å². The molecule has 4 rings (SSSR count). The molecule has 128 valence electrons. The summed E-state index contributed by atoms with van der Waals surface area (Å²) in [5, 5.41) is 7.04. The standard InChI is InChI=1S/C19H20N4OS/c25-19(20-12-15-4-3-11-24-15)21-14-9-7-13(8-10-14)18-22-16-5-1-2-6-17(16)23-18/h1-2,5-10,15H,3-4,11-12H2,(H,22,23)(H2,20,21,25). The molecule has 1 aromatic heterocycles. The summed E-state index contributed by atoms with van der Waals surface area (Å²) in [6.45, 7) is 1.61. The van der Waals surface area contributed by atoms with E-state index in [9.17, 15) is 0 Å². The number of rotatable bonds is 4. The van der Waals surface area contributed by atoms with E-state index in [2.05, 4.69) is 20.6 Å². The van der Waals surface area contributed by atoms with E-state index in [0.717, 1.165) is 54.1 Å². The fourth-order valence-electron chi connectivity index (χ4n) is 2.99. The molecular formula is C19H20N4OS. The second kappa shape index (κ2) is 7.21. The van der Waals surface area contributed by atoms with Crippen LogP contribution in [0.15, 0.2) is 48.5 Å². The molecule has 1 atom stereocenters. The molecule has 1 unspecified atom stereocenters. The van der Waals surface area contributed by atoms with Gasteiger partial charge in [-0.2, -0.15) is 0 Å². The van der Waals surface area contributed by atoms with Crippen molar-refractivity contribution < 1.29 is 4.74 Å². The van der Waals surface area contributed by atoms with Crippen molar-refractivity contribution in [1.82, 2.24) is 15.3 Å². The van der Waals surface area contributed by atoms with Crippen LogP contribution in [0.25, 0.3) is 22.4 Å². The molecule has 1 aliphatic heterocycles. The van der Waals surface area contributed by atoms with E-state index in [4.69, 9.17) is 17.0 Å².